The molecule has 1 unspecified atom stereocenters. The van der Waals surface area contributed by atoms with Crippen LogP contribution in [0.1, 0.15) is 37.3 Å². The fourth-order valence-electron chi connectivity index (χ4n) is 3.40. The van der Waals surface area contributed by atoms with Crippen molar-refractivity contribution in [2.45, 2.75) is 26.2 Å². The van der Waals surface area contributed by atoms with Gasteiger partial charge in [0.05, 0.1) is 0 Å². The summed E-state index contributed by atoms with van der Waals surface area (Å²) in [7, 11) is 0. The van der Waals surface area contributed by atoms with Gasteiger partial charge >= 0.3 is 0 Å². The summed E-state index contributed by atoms with van der Waals surface area (Å²) in [6.45, 7) is 4.37. The predicted octanol–water partition coefficient (Wildman–Crippen LogP) is 7.19. The average molecular weight is 490 g/mol. The van der Waals surface area contributed by atoms with Crippen LogP contribution >= 0.6 is 23.8 Å². The number of thiocarbonyl (C=S) groups is 1. The molecule has 1 heterocycles. The van der Waals surface area contributed by atoms with E-state index in [0.717, 1.165) is 28.6 Å². The van der Waals surface area contributed by atoms with Crippen molar-refractivity contribution in [3.63, 3.8) is 0 Å². The molecule has 0 aliphatic heterocycles. The van der Waals surface area contributed by atoms with E-state index in [2.05, 4.69) is 41.6 Å². The highest BCUT2D eigenvalue weighted by Crippen LogP contribution is 2.29. The van der Waals surface area contributed by atoms with Gasteiger partial charge in [0.15, 0.2) is 10.7 Å². The highest BCUT2D eigenvalue weighted by molar-refractivity contribution is 7.80. The number of hydrogen-bond acceptors (Lipinski definition) is 4. The fraction of sp³-hybridized carbons (Fsp3) is 0.148. The van der Waals surface area contributed by atoms with Crippen LogP contribution in [0.2, 0.25) is 5.02 Å². The van der Waals surface area contributed by atoms with Gasteiger partial charge in [0, 0.05) is 22.3 Å². The summed E-state index contributed by atoms with van der Waals surface area (Å²) in [6.07, 6.45) is 4.17. The second-order valence-corrected chi connectivity index (χ2v) is 8.81. The Kier molecular flexibility index (Phi) is 7.40. The van der Waals surface area contributed by atoms with Crippen LogP contribution < -0.4 is 10.6 Å². The molecule has 172 valence electrons. The maximum atomic E-state index is 12.2. The Morgan fingerprint density at radius 3 is 2.71 bits per heavy atom. The van der Waals surface area contributed by atoms with Crippen molar-refractivity contribution in [2.75, 3.05) is 5.32 Å². The van der Waals surface area contributed by atoms with Gasteiger partial charge in [-0.1, -0.05) is 49.7 Å². The number of amides is 1. The second-order valence-electron chi connectivity index (χ2n) is 7.96. The van der Waals surface area contributed by atoms with Crippen LogP contribution in [0, 0.1) is 0 Å². The normalized spacial score (nSPS) is 12.1. The standard InChI is InChI=1S/C27H24ClN3O2S/c1-3-17(2)19-10-13-24-23(16-19)30-26(33-24)20-5-4-6-22(15-20)29-27(34)31-25(32)14-9-18-7-11-21(28)12-8-18/h4-17H,3H2,1-2H3,(H2,29,31,32,34)/b14-9+. The highest BCUT2D eigenvalue weighted by atomic mass is 35.5. The van der Waals surface area contributed by atoms with E-state index in [1.807, 2.05) is 42.5 Å². The zero-order valence-corrected chi connectivity index (χ0v) is 20.4. The molecule has 0 aliphatic rings. The van der Waals surface area contributed by atoms with E-state index < -0.39 is 0 Å². The number of nitrogens with one attached hydrogen (secondary N) is 2. The lowest BCUT2D eigenvalue weighted by molar-refractivity contribution is -0.115. The number of benzene rings is 3. The Morgan fingerprint density at radius 1 is 1.15 bits per heavy atom. The Bertz CT molecular complexity index is 1360. The third-order valence-electron chi connectivity index (χ3n) is 5.49. The predicted molar refractivity (Wildman–Crippen MR) is 143 cm³/mol. The van der Waals surface area contributed by atoms with E-state index in [9.17, 15) is 4.79 Å². The topological polar surface area (TPSA) is 67.2 Å². The molecule has 0 saturated heterocycles. The van der Waals surface area contributed by atoms with Gasteiger partial charge in [0.2, 0.25) is 11.8 Å². The number of carbonyl (C=O) groups excluding carboxylic acids is 1. The van der Waals surface area contributed by atoms with E-state index >= 15 is 0 Å². The Hall–Kier alpha value is -3.48. The molecule has 0 aliphatic carbocycles. The summed E-state index contributed by atoms with van der Waals surface area (Å²) in [5.74, 6) is 0.662. The van der Waals surface area contributed by atoms with Crippen LogP contribution in [0.15, 0.2) is 77.2 Å². The summed E-state index contributed by atoms with van der Waals surface area (Å²) in [5.41, 5.74) is 5.21. The summed E-state index contributed by atoms with van der Waals surface area (Å²) in [5, 5.41) is 6.51. The van der Waals surface area contributed by atoms with Crippen LogP contribution in [0.25, 0.3) is 28.6 Å². The van der Waals surface area contributed by atoms with Crippen molar-refractivity contribution in [2.24, 2.45) is 0 Å². The number of fused-ring (bicyclic) bond motifs is 1. The number of anilines is 1. The average Bonchev–Trinajstić information content (AvgIpc) is 3.27. The van der Waals surface area contributed by atoms with Crippen molar-refractivity contribution in [1.29, 1.82) is 0 Å². The molecule has 4 rings (SSSR count). The number of aromatic nitrogens is 1. The summed E-state index contributed by atoms with van der Waals surface area (Å²) in [6, 6.07) is 20.8. The molecule has 3 aromatic carbocycles. The van der Waals surface area contributed by atoms with Gasteiger partial charge in [-0.15, -0.1) is 0 Å². The third kappa shape index (κ3) is 5.90. The number of rotatable bonds is 6. The molecule has 0 radical (unpaired) electrons. The number of oxazole rings is 1. The Morgan fingerprint density at radius 2 is 1.94 bits per heavy atom. The van der Waals surface area contributed by atoms with Crippen molar-refractivity contribution in [1.82, 2.24) is 10.3 Å². The van der Waals surface area contributed by atoms with E-state index in [1.165, 1.54) is 11.6 Å². The highest BCUT2D eigenvalue weighted by Gasteiger charge is 2.12. The first kappa shape index (κ1) is 23.7. The lowest BCUT2D eigenvalue weighted by atomic mass is 9.98. The van der Waals surface area contributed by atoms with Crippen molar-refractivity contribution < 1.29 is 9.21 Å². The Labute approximate surface area is 208 Å². The first-order valence-corrected chi connectivity index (χ1v) is 11.8. The minimum atomic E-state index is -0.334. The molecule has 1 amide bonds. The first-order valence-electron chi connectivity index (χ1n) is 11.0. The zero-order chi connectivity index (χ0) is 24.1. The van der Waals surface area contributed by atoms with Gasteiger partial charge in [-0.3, -0.25) is 10.1 Å². The minimum absolute atomic E-state index is 0.193. The number of carbonyl (C=O) groups is 1. The van der Waals surface area contributed by atoms with Crippen LogP contribution in [0.4, 0.5) is 5.69 Å². The molecule has 1 aromatic heterocycles. The molecule has 0 fully saturated rings. The second kappa shape index (κ2) is 10.6. The molecule has 0 bridgehead atoms. The molecule has 2 N–H and O–H groups in total. The molecule has 1 atom stereocenters. The van der Waals surface area contributed by atoms with Crippen LogP contribution in [0.5, 0.6) is 0 Å². The van der Waals surface area contributed by atoms with Gasteiger partial charge in [-0.2, -0.15) is 0 Å². The lowest BCUT2D eigenvalue weighted by Gasteiger charge is -2.09. The van der Waals surface area contributed by atoms with E-state index in [-0.39, 0.29) is 11.0 Å². The first-order chi connectivity index (χ1) is 16.4. The number of hydrogen-bond donors (Lipinski definition) is 2. The maximum Gasteiger partial charge on any atom is 0.250 e. The number of halogens is 1. The van der Waals surface area contributed by atoms with Crippen LogP contribution in [0.3, 0.4) is 0 Å². The van der Waals surface area contributed by atoms with E-state index in [1.54, 1.807) is 18.2 Å². The van der Waals surface area contributed by atoms with Gasteiger partial charge in [-0.05, 0) is 84.2 Å². The summed E-state index contributed by atoms with van der Waals surface area (Å²) >= 11 is 11.2. The SMILES string of the molecule is CCC(C)c1ccc2oc(-c3cccc(NC(=S)NC(=O)/C=C/c4ccc(Cl)cc4)c3)nc2c1. The fourth-order valence-corrected chi connectivity index (χ4v) is 3.75. The molecular weight excluding hydrogens is 466 g/mol. The molecule has 34 heavy (non-hydrogen) atoms. The van der Waals surface area contributed by atoms with Gasteiger partial charge < -0.3 is 9.73 Å². The van der Waals surface area contributed by atoms with Crippen molar-refractivity contribution in [3.05, 3.63) is 89.0 Å². The smallest absolute Gasteiger partial charge is 0.250 e. The van der Waals surface area contributed by atoms with Crippen LogP contribution in [-0.2, 0) is 4.79 Å². The summed E-state index contributed by atoms with van der Waals surface area (Å²) in [4.78, 5) is 16.9. The Balaban J connectivity index is 1.42. The van der Waals surface area contributed by atoms with Crippen molar-refractivity contribution in [3.8, 4) is 11.5 Å². The molecular formula is C27H24ClN3O2S. The monoisotopic (exact) mass is 489 g/mol. The lowest BCUT2D eigenvalue weighted by Crippen LogP contribution is -2.32. The van der Waals surface area contributed by atoms with Gasteiger partial charge in [0.1, 0.15) is 5.52 Å². The molecule has 0 spiro atoms. The van der Waals surface area contributed by atoms with Gasteiger partial charge in [-0.25, -0.2) is 4.98 Å². The zero-order valence-electron chi connectivity index (χ0n) is 18.8. The van der Waals surface area contributed by atoms with E-state index in [0.29, 0.717) is 22.5 Å². The van der Waals surface area contributed by atoms with Crippen molar-refractivity contribution >= 4 is 57.7 Å². The van der Waals surface area contributed by atoms with E-state index in [4.69, 9.17) is 28.2 Å². The quantitative estimate of drug-likeness (QED) is 0.221. The molecule has 7 heteroatoms. The van der Waals surface area contributed by atoms with Gasteiger partial charge in [0.25, 0.3) is 0 Å². The molecule has 0 saturated carbocycles. The summed E-state index contributed by atoms with van der Waals surface area (Å²) < 4.78 is 5.97. The number of nitrogens with zero attached hydrogens (tertiary/aromatic N) is 1. The third-order valence-corrected chi connectivity index (χ3v) is 5.95. The molecule has 4 aromatic rings. The largest absolute Gasteiger partial charge is 0.436 e. The maximum absolute atomic E-state index is 12.2. The molecule has 5 nitrogen and oxygen atoms in total. The van der Waals surface area contributed by atoms with Crippen LogP contribution in [-0.4, -0.2) is 16.0 Å². The minimum Gasteiger partial charge on any atom is -0.436 e.